The first-order valence-electron chi connectivity index (χ1n) is 6.35. The highest BCUT2D eigenvalue weighted by molar-refractivity contribution is 9.10. The van der Waals surface area contributed by atoms with Crippen LogP contribution < -0.4 is 5.32 Å². The Labute approximate surface area is 120 Å². The molecule has 0 amide bonds. The van der Waals surface area contributed by atoms with E-state index in [1.165, 1.54) is 21.3 Å². The monoisotopic (exact) mass is 321 g/mol. The molecular formula is C15H16BrNS. The molecule has 3 rings (SSSR count). The highest BCUT2D eigenvalue weighted by Gasteiger charge is 2.29. The number of halogens is 1. The van der Waals surface area contributed by atoms with Crippen molar-refractivity contribution >= 4 is 27.3 Å². The summed E-state index contributed by atoms with van der Waals surface area (Å²) < 4.78 is 1.28. The molecule has 1 aromatic carbocycles. The van der Waals surface area contributed by atoms with Gasteiger partial charge in [-0.2, -0.15) is 0 Å². The van der Waals surface area contributed by atoms with Gasteiger partial charge in [-0.3, -0.25) is 0 Å². The van der Waals surface area contributed by atoms with Gasteiger partial charge in [0.1, 0.15) is 0 Å². The summed E-state index contributed by atoms with van der Waals surface area (Å²) in [7, 11) is 0. The fourth-order valence-electron chi connectivity index (χ4n) is 2.79. The maximum atomic E-state index is 3.69. The summed E-state index contributed by atoms with van der Waals surface area (Å²) >= 11 is 5.57. The fraction of sp³-hybridized carbons (Fsp3) is 0.333. The third-order valence-corrected chi connectivity index (χ3v) is 5.69. The molecule has 2 aromatic rings. The second-order valence-electron chi connectivity index (χ2n) is 4.75. The molecule has 0 aliphatic carbocycles. The Hall–Kier alpha value is -0.640. The van der Waals surface area contributed by atoms with E-state index in [2.05, 4.69) is 63.0 Å². The molecule has 3 heteroatoms. The Balaban J connectivity index is 1.94. The summed E-state index contributed by atoms with van der Waals surface area (Å²) in [5.74, 6) is 1.23. The molecule has 2 heterocycles. The van der Waals surface area contributed by atoms with Crippen molar-refractivity contribution in [1.29, 1.82) is 0 Å². The van der Waals surface area contributed by atoms with E-state index in [4.69, 9.17) is 0 Å². The average molecular weight is 322 g/mol. The van der Waals surface area contributed by atoms with Gasteiger partial charge in [-0.25, -0.2) is 0 Å². The summed E-state index contributed by atoms with van der Waals surface area (Å²) in [6.07, 6.45) is 1.22. The predicted molar refractivity (Wildman–Crippen MR) is 81.4 cm³/mol. The standard InChI is InChI=1S/C15H16BrNS/c16-14-7-9-18-15(14)12-6-8-17-10-13(12)11-4-2-1-3-5-11/h1-5,7,9,12-13,17H,6,8,10H2. The maximum absolute atomic E-state index is 3.69. The van der Waals surface area contributed by atoms with Crippen molar-refractivity contribution < 1.29 is 0 Å². The average Bonchev–Trinajstić information content (AvgIpc) is 2.86. The van der Waals surface area contributed by atoms with E-state index in [-0.39, 0.29) is 0 Å². The van der Waals surface area contributed by atoms with Crippen LogP contribution >= 0.6 is 27.3 Å². The van der Waals surface area contributed by atoms with E-state index in [0.717, 1.165) is 13.1 Å². The molecule has 94 valence electrons. The molecule has 2 unspecified atom stereocenters. The molecule has 1 saturated heterocycles. The Bertz CT molecular complexity index is 508. The van der Waals surface area contributed by atoms with Crippen LogP contribution in [0, 0.1) is 0 Å². The van der Waals surface area contributed by atoms with Crippen LogP contribution in [-0.4, -0.2) is 13.1 Å². The van der Waals surface area contributed by atoms with Crippen molar-refractivity contribution in [3.8, 4) is 0 Å². The molecular weight excluding hydrogens is 306 g/mol. The van der Waals surface area contributed by atoms with Crippen LogP contribution in [-0.2, 0) is 0 Å². The van der Waals surface area contributed by atoms with Gasteiger partial charge >= 0.3 is 0 Å². The first kappa shape index (κ1) is 12.4. The Morgan fingerprint density at radius 1 is 1.11 bits per heavy atom. The number of hydrogen-bond acceptors (Lipinski definition) is 2. The van der Waals surface area contributed by atoms with Gasteiger partial charge < -0.3 is 5.32 Å². The molecule has 0 bridgehead atoms. The summed E-state index contributed by atoms with van der Waals surface area (Å²) in [6.45, 7) is 2.21. The lowest BCUT2D eigenvalue weighted by Crippen LogP contribution is -2.33. The topological polar surface area (TPSA) is 12.0 Å². The number of rotatable bonds is 2. The first-order valence-corrected chi connectivity index (χ1v) is 8.02. The maximum Gasteiger partial charge on any atom is 0.0317 e. The minimum atomic E-state index is 0.592. The lowest BCUT2D eigenvalue weighted by atomic mass is 9.80. The van der Waals surface area contributed by atoms with E-state index in [0.29, 0.717) is 11.8 Å². The highest BCUT2D eigenvalue weighted by atomic mass is 79.9. The van der Waals surface area contributed by atoms with Crippen molar-refractivity contribution in [2.24, 2.45) is 0 Å². The molecule has 1 N–H and O–H groups in total. The first-order chi connectivity index (χ1) is 8.86. The third-order valence-electron chi connectivity index (χ3n) is 3.69. The van der Waals surface area contributed by atoms with Crippen molar-refractivity contribution in [2.45, 2.75) is 18.3 Å². The zero-order chi connectivity index (χ0) is 12.4. The van der Waals surface area contributed by atoms with Crippen molar-refractivity contribution in [3.05, 3.63) is 56.7 Å². The normalized spacial score (nSPS) is 24.1. The SMILES string of the molecule is Brc1ccsc1C1CCNCC1c1ccccc1. The van der Waals surface area contributed by atoms with Crippen LogP contribution in [0.25, 0.3) is 0 Å². The van der Waals surface area contributed by atoms with Crippen molar-refractivity contribution in [1.82, 2.24) is 5.32 Å². The summed E-state index contributed by atoms with van der Waals surface area (Å²) in [5, 5.41) is 5.72. The highest BCUT2D eigenvalue weighted by Crippen LogP contribution is 2.42. The van der Waals surface area contributed by atoms with E-state index >= 15 is 0 Å². The van der Waals surface area contributed by atoms with E-state index in [1.54, 1.807) is 0 Å². The van der Waals surface area contributed by atoms with Crippen LogP contribution in [0.2, 0.25) is 0 Å². The molecule has 1 aliphatic rings. The Kier molecular flexibility index (Phi) is 3.83. The quantitative estimate of drug-likeness (QED) is 0.866. The fourth-order valence-corrected chi connectivity index (χ4v) is 4.66. The van der Waals surface area contributed by atoms with E-state index < -0.39 is 0 Å². The second-order valence-corrected chi connectivity index (χ2v) is 6.55. The third kappa shape index (κ3) is 2.40. The molecule has 18 heavy (non-hydrogen) atoms. The van der Waals surface area contributed by atoms with Gasteiger partial charge in [0.2, 0.25) is 0 Å². The predicted octanol–water partition coefficient (Wildman–Crippen LogP) is 4.37. The summed E-state index contributed by atoms with van der Waals surface area (Å²) in [6, 6.07) is 13.1. The summed E-state index contributed by atoms with van der Waals surface area (Å²) in [4.78, 5) is 1.50. The van der Waals surface area contributed by atoms with Crippen LogP contribution in [0.15, 0.2) is 46.3 Å². The van der Waals surface area contributed by atoms with Gasteiger partial charge in [0.15, 0.2) is 0 Å². The number of nitrogens with one attached hydrogen (secondary N) is 1. The lowest BCUT2D eigenvalue weighted by Gasteiger charge is -2.32. The minimum Gasteiger partial charge on any atom is -0.316 e. The van der Waals surface area contributed by atoms with E-state index in [9.17, 15) is 0 Å². The van der Waals surface area contributed by atoms with Crippen LogP contribution in [0.5, 0.6) is 0 Å². The lowest BCUT2D eigenvalue weighted by molar-refractivity contribution is 0.407. The zero-order valence-electron chi connectivity index (χ0n) is 10.1. The molecule has 0 saturated carbocycles. The van der Waals surface area contributed by atoms with Crippen LogP contribution in [0.1, 0.15) is 28.7 Å². The molecule has 1 nitrogen and oxygen atoms in total. The van der Waals surface area contributed by atoms with Crippen LogP contribution in [0.3, 0.4) is 0 Å². The smallest absolute Gasteiger partial charge is 0.0317 e. The van der Waals surface area contributed by atoms with Crippen molar-refractivity contribution in [2.75, 3.05) is 13.1 Å². The molecule has 0 spiro atoms. The van der Waals surface area contributed by atoms with Gasteiger partial charge in [-0.05, 0) is 45.9 Å². The second kappa shape index (κ2) is 5.55. The molecule has 1 aromatic heterocycles. The molecule has 1 aliphatic heterocycles. The molecule has 0 radical (unpaired) electrons. The summed E-state index contributed by atoms with van der Waals surface area (Å²) in [5.41, 5.74) is 1.45. The molecule has 1 fully saturated rings. The number of thiophene rings is 1. The largest absolute Gasteiger partial charge is 0.316 e. The molecule has 2 atom stereocenters. The van der Waals surface area contributed by atoms with Crippen molar-refractivity contribution in [3.63, 3.8) is 0 Å². The number of benzene rings is 1. The van der Waals surface area contributed by atoms with Gasteiger partial charge in [0, 0.05) is 27.7 Å². The number of hydrogen-bond donors (Lipinski definition) is 1. The van der Waals surface area contributed by atoms with E-state index in [1.807, 2.05) is 11.3 Å². The number of piperidine rings is 1. The van der Waals surface area contributed by atoms with Gasteiger partial charge in [0.25, 0.3) is 0 Å². The van der Waals surface area contributed by atoms with Gasteiger partial charge in [-0.1, -0.05) is 30.3 Å². The zero-order valence-corrected chi connectivity index (χ0v) is 12.5. The van der Waals surface area contributed by atoms with Crippen LogP contribution in [0.4, 0.5) is 0 Å². The Morgan fingerprint density at radius 3 is 2.67 bits per heavy atom. The minimum absolute atomic E-state index is 0.592. The Morgan fingerprint density at radius 2 is 1.94 bits per heavy atom. The van der Waals surface area contributed by atoms with Gasteiger partial charge in [0.05, 0.1) is 0 Å². The van der Waals surface area contributed by atoms with Gasteiger partial charge in [-0.15, -0.1) is 11.3 Å².